The summed E-state index contributed by atoms with van der Waals surface area (Å²) in [5, 5.41) is 11.1. The molecule has 5 nitrogen and oxygen atoms in total. The molecule has 3 rings (SSSR count). The topological polar surface area (TPSA) is 62.1 Å². The number of piperidine rings is 1. The first-order chi connectivity index (χ1) is 10.1. The molecule has 6 heteroatoms. The predicted molar refractivity (Wildman–Crippen MR) is 81.4 cm³/mol. The fraction of sp³-hybridized carbons (Fsp3) is 0.400. The number of hydrogen-bond donors (Lipinski definition) is 1. The van der Waals surface area contributed by atoms with Crippen molar-refractivity contribution < 1.29 is 5.11 Å². The van der Waals surface area contributed by atoms with E-state index < -0.39 is 5.60 Å². The van der Waals surface area contributed by atoms with E-state index in [1.54, 1.807) is 12.4 Å². The number of hydrogen-bond acceptors (Lipinski definition) is 5. The SMILES string of the molecule is OC1(Cc2ccccn2)CCN(c2cncc(Cl)n2)CC1. The smallest absolute Gasteiger partial charge is 0.149 e. The first kappa shape index (κ1) is 14.2. The van der Waals surface area contributed by atoms with Gasteiger partial charge in [0.05, 0.1) is 18.0 Å². The third-order valence-electron chi connectivity index (χ3n) is 3.85. The summed E-state index contributed by atoms with van der Waals surface area (Å²) < 4.78 is 0. The molecule has 0 radical (unpaired) electrons. The monoisotopic (exact) mass is 304 g/mol. The number of halogens is 1. The van der Waals surface area contributed by atoms with Crippen LogP contribution in [-0.4, -0.2) is 38.7 Å². The molecule has 0 bridgehead atoms. The maximum Gasteiger partial charge on any atom is 0.149 e. The van der Waals surface area contributed by atoms with Crippen LogP contribution in [-0.2, 0) is 6.42 Å². The lowest BCUT2D eigenvalue weighted by molar-refractivity contribution is 0.0155. The minimum absolute atomic E-state index is 0.391. The molecule has 2 aromatic heterocycles. The molecule has 0 saturated carbocycles. The van der Waals surface area contributed by atoms with Gasteiger partial charge in [-0.2, -0.15) is 0 Å². The standard InChI is InChI=1S/C15H17ClN4O/c16-13-10-17-11-14(19-13)20-7-4-15(21,5-8-20)9-12-3-1-2-6-18-12/h1-3,6,10-11,21H,4-5,7-9H2. The molecule has 21 heavy (non-hydrogen) atoms. The van der Waals surface area contributed by atoms with Crippen LogP contribution in [0.15, 0.2) is 36.8 Å². The Balaban J connectivity index is 1.64. The third-order valence-corrected chi connectivity index (χ3v) is 4.03. The van der Waals surface area contributed by atoms with Crippen LogP contribution in [0, 0.1) is 0 Å². The fourth-order valence-electron chi connectivity index (χ4n) is 2.65. The van der Waals surface area contributed by atoms with Gasteiger partial charge in [0, 0.05) is 31.4 Å². The van der Waals surface area contributed by atoms with Gasteiger partial charge in [-0.15, -0.1) is 0 Å². The summed E-state index contributed by atoms with van der Waals surface area (Å²) in [4.78, 5) is 14.7. The molecule has 2 aromatic rings. The molecule has 3 heterocycles. The number of nitrogens with zero attached hydrogens (tertiary/aromatic N) is 4. The Morgan fingerprint density at radius 2 is 2.05 bits per heavy atom. The highest BCUT2D eigenvalue weighted by Crippen LogP contribution is 2.28. The predicted octanol–water partition coefficient (Wildman–Crippen LogP) is 2.10. The minimum atomic E-state index is -0.698. The highest BCUT2D eigenvalue weighted by molar-refractivity contribution is 6.29. The molecule has 110 valence electrons. The van der Waals surface area contributed by atoms with Crippen molar-refractivity contribution in [1.82, 2.24) is 15.0 Å². The van der Waals surface area contributed by atoms with Crippen molar-refractivity contribution in [3.63, 3.8) is 0 Å². The summed E-state index contributed by atoms with van der Waals surface area (Å²) in [6.45, 7) is 1.47. The van der Waals surface area contributed by atoms with Crippen LogP contribution in [0.2, 0.25) is 5.15 Å². The molecular weight excluding hydrogens is 288 g/mol. The van der Waals surface area contributed by atoms with Crippen molar-refractivity contribution in [3.8, 4) is 0 Å². The number of anilines is 1. The zero-order chi connectivity index (χ0) is 14.7. The molecule has 0 atom stereocenters. The second-order valence-corrected chi connectivity index (χ2v) is 5.80. The van der Waals surface area contributed by atoms with Gasteiger partial charge in [0.25, 0.3) is 0 Å². The van der Waals surface area contributed by atoms with E-state index in [0.29, 0.717) is 24.4 Å². The number of pyridine rings is 1. The van der Waals surface area contributed by atoms with Crippen molar-refractivity contribution in [2.75, 3.05) is 18.0 Å². The van der Waals surface area contributed by atoms with E-state index in [-0.39, 0.29) is 0 Å². The Morgan fingerprint density at radius 1 is 1.24 bits per heavy atom. The molecule has 1 N–H and O–H groups in total. The van der Waals surface area contributed by atoms with Crippen LogP contribution in [0.25, 0.3) is 0 Å². The average molecular weight is 305 g/mol. The Morgan fingerprint density at radius 3 is 2.71 bits per heavy atom. The molecular formula is C15H17ClN4O. The van der Waals surface area contributed by atoms with E-state index in [0.717, 1.165) is 24.6 Å². The van der Waals surface area contributed by atoms with Gasteiger partial charge in [-0.1, -0.05) is 17.7 Å². The van der Waals surface area contributed by atoms with E-state index in [1.165, 1.54) is 6.20 Å². The van der Waals surface area contributed by atoms with E-state index in [2.05, 4.69) is 19.9 Å². The van der Waals surface area contributed by atoms with Crippen molar-refractivity contribution >= 4 is 17.4 Å². The van der Waals surface area contributed by atoms with Gasteiger partial charge in [-0.25, -0.2) is 4.98 Å². The molecule has 1 aliphatic heterocycles. The second-order valence-electron chi connectivity index (χ2n) is 5.41. The zero-order valence-electron chi connectivity index (χ0n) is 11.6. The van der Waals surface area contributed by atoms with Crippen LogP contribution < -0.4 is 4.90 Å². The number of aromatic nitrogens is 3. The van der Waals surface area contributed by atoms with Gasteiger partial charge in [0.15, 0.2) is 0 Å². The zero-order valence-corrected chi connectivity index (χ0v) is 12.4. The largest absolute Gasteiger partial charge is 0.389 e. The Labute approximate surface area is 128 Å². The third kappa shape index (κ3) is 3.49. The molecule has 0 aromatic carbocycles. The van der Waals surface area contributed by atoms with Gasteiger partial charge >= 0.3 is 0 Å². The maximum atomic E-state index is 10.7. The molecule has 1 fully saturated rings. The van der Waals surface area contributed by atoms with Crippen LogP contribution in [0.5, 0.6) is 0 Å². The lowest BCUT2D eigenvalue weighted by Crippen LogP contribution is -2.46. The van der Waals surface area contributed by atoms with Crippen LogP contribution in [0.4, 0.5) is 5.82 Å². The molecule has 1 aliphatic rings. The highest BCUT2D eigenvalue weighted by Gasteiger charge is 2.33. The average Bonchev–Trinajstić information content (AvgIpc) is 2.49. The van der Waals surface area contributed by atoms with Crippen molar-refractivity contribution in [1.29, 1.82) is 0 Å². The Kier molecular flexibility index (Phi) is 4.03. The maximum absolute atomic E-state index is 10.7. The summed E-state index contributed by atoms with van der Waals surface area (Å²) in [5.41, 5.74) is 0.229. The molecule has 0 amide bonds. The van der Waals surface area contributed by atoms with E-state index in [1.807, 2.05) is 18.2 Å². The summed E-state index contributed by atoms with van der Waals surface area (Å²) in [6, 6.07) is 5.78. The first-order valence-electron chi connectivity index (χ1n) is 6.99. The van der Waals surface area contributed by atoms with Gasteiger partial charge < -0.3 is 10.0 Å². The Hall–Kier alpha value is -1.72. The summed E-state index contributed by atoms with van der Waals surface area (Å²) >= 11 is 5.87. The highest BCUT2D eigenvalue weighted by atomic mass is 35.5. The lowest BCUT2D eigenvalue weighted by Gasteiger charge is -2.38. The molecule has 0 aliphatic carbocycles. The van der Waals surface area contributed by atoms with E-state index in [9.17, 15) is 5.11 Å². The van der Waals surface area contributed by atoms with Gasteiger partial charge in [0.2, 0.25) is 0 Å². The Bertz CT molecular complexity index is 600. The van der Waals surface area contributed by atoms with Gasteiger partial charge in [0.1, 0.15) is 11.0 Å². The van der Waals surface area contributed by atoms with Crippen LogP contribution in [0.3, 0.4) is 0 Å². The van der Waals surface area contributed by atoms with E-state index >= 15 is 0 Å². The van der Waals surface area contributed by atoms with Gasteiger partial charge in [-0.05, 0) is 25.0 Å². The minimum Gasteiger partial charge on any atom is -0.389 e. The molecule has 1 saturated heterocycles. The second kappa shape index (κ2) is 5.95. The summed E-state index contributed by atoms with van der Waals surface area (Å²) in [7, 11) is 0. The summed E-state index contributed by atoms with van der Waals surface area (Å²) in [5.74, 6) is 0.766. The summed E-state index contributed by atoms with van der Waals surface area (Å²) in [6.07, 6.45) is 6.93. The fourth-order valence-corrected chi connectivity index (χ4v) is 2.80. The van der Waals surface area contributed by atoms with Crippen LogP contribution >= 0.6 is 11.6 Å². The van der Waals surface area contributed by atoms with Crippen LogP contribution in [0.1, 0.15) is 18.5 Å². The first-order valence-corrected chi connectivity index (χ1v) is 7.37. The molecule has 0 spiro atoms. The quantitative estimate of drug-likeness (QED) is 0.941. The normalized spacial score (nSPS) is 17.7. The number of aliphatic hydroxyl groups is 1. The van der Waals surface area contributed by atoms with Gasteiger partial charge in [-0.3, -0.25) is 9.97 Å². The van der Waals surface area contributed by atoms with E-state index in [4.69, 9.17) is 11.6 Å². The molecule has 0 unspecified atom stereocenters. The number of rotatable bonds is 3. The van der Waals surface area contributed by atoms with Crippen molar-refractivity contribution in [3.05, 3.63) is 47.6 Å². The van der Waals surface area contributed by atoms with Crippen molar-refractivity contribution in [2.45, 2.75) is 24.9 Å². The van der Waals surface area contributed by atoms with Crippen molar-refractivity contribution in [2.24, 2.45) is 0 Å². The lowest BCUT2D eigenvalue weighted by atomic mass is 9.87.